The van der Waals surface area contributed by atoms with Crippen molar-refractivity contribution in [3.05, 3.63) is 48.5 Å². The second-order valence-corrected chi connectivity index (χ2v) is 4.66. The SMILES string of the molecule is COc1ccc(-c2nnn(-c3ccc(OC)cc3)c2N)cc1. The normalized spacial score (nSPS) is 10.5. The molecule has 0 saturated heterocycles. The Kier molecular flexibility index (Phi) is 3.65. The summed E-state index contributed by atoms with van der Waals surface area (Å²) >= 11 is 0. The van der Waals surface area contributed by atoms with Gasteiger partial charge in [0.25, 0.3) is 0 Å². The third kappa shape index (κ3) is 2.46. The first-order chi connectivity index (χ1) is 10.7. The minimum atomic E-state index is 0.482. The molecule has 6 nitrogen and oxygen atoms in total. The minimum Gasteiger partial charge on any atom is -0.497 e. The Morgan fingerprint density at radius 2 is 1.41 bits per heavy atom. The van der Waals surface area contributed by atoms with Crippen LogP contribution in [0.2, 0.25) is 0 Å². The van der Waals surface area contributed by atoms with Gasteiger partial charge in [0.2, 0.25) is 0 Å². The van der Waals surface area contributed by atoms with Crippen molar-refractivity contribution in [3.8, 4) is 28.4 Å². The molecule has 112 valence electrons. The van der Waals surface area contributed by atoms with E-state index in [2.05, 4.69) is 10.3 Å². The fraction of sp³-hybridized carbons (Fsp3) is 0.125. The van der Waals surface area contributed by atoms with Gasteiger partial charge in [0.1, 0.15) is 17.2 Å². The number of benzene rings is 2. The molecule has 0 aliphatic rings. The number of nitrogens with zero attached hydrogens (tertiary/aromatic N) is 3. The van der Waals surface area contributed by atoms with Crippen molar-refractivity contribution in [2.45, 2.75) is 0 Å². The highest BCUT2D eigenvalue weighted by Gasteiger charge is 2.13. The second kappa shape index (κ2) is 5.77. The van der Waals surface area contributed by atoms with E-state index in [0.29, 0.717) is 11.5 Å². The van der Waals surface area contributed by atoms with Crippen LogP contribution in [-0.4, -0.2) is 29.2 Å². The second-order valence-electron chi connectivity index (χ2n) is 4.66. The first-order valence-corrected chi connectivity index (χ1v) is 6.73. The van der Waals surface area contributed by atoms with Crippen LogP contribution in [0.25, 0.3) is 16.9 Å². The van der Waals surface area contributed by atoms with E-state index in [1.807, 2.05) is 48.5 Å². The average Bonchev–Trinajstić information content (AvgIpc) is 2.96. The van der Waals surface area contributed by atoms with Crippen molar-refractivity contribution >= 4 is 5.82 Å². The van der Waals surface area contributed by atoms with Gasteiger partial charge in [0, 0.05) is 5.56 Å². The summed E-state index contributed by atoms with van der Waals surface area (Å²) in [5, 5.41) is 8.31. The number of anilines is 1. The van der Waals surface area contributed by atoms with Gasteiger partial charge in [-0.1, -0.05) is 5.21 Å². The van der Waals surface area contributed by atoms with E-state index >= 15 is 0 Å². The van der Waals surface area contributed by atoms with Gasteiger partial charge in [-0.3, -0.25) is 0 Å². The Balaban J connectivity index is 1.96. The summed E-state index contributed by atoms with van der Waals surface area (Å²) in [7, 11) is 3.25. The molecule has 0 fully saturated rings. The standard InChI is InChI=1S/C16H16N4O2/c1-21-13-7-3-11(4-8-13)15-16(17)20(19-18-15)12-5-9-14(22-2)10-6-12/h3-10H,17H2,1-2H3. The molecular weight excluding hydrogens is 280 g/mol. The molecule has 0 unspecified atom stereocenters. The van der Waals surface area contributed by atoms with Crippen molar-refractivity contribution < 1.29 is 9.47 Å². The number of nitrogen functional groups attached to an aromatic ring is 1. The molecule has 3 aromatic rings. The predicted molar refractivity (Wildman–Crippen MR) is 84.3 cm³/mol. The lowest BCUT2D eigenvalue weighted by Gasteiger charge is -2.05. The molecule has 1 heterocycles. The van der Waals surface area contributed by atoms with Gasteiger partial charge in [-0.2, -0.15) is 4.68 Å². The maximum absolute atomic E-state index is 6.18. The molecule has 0 spiro atoms. The Morgan fingerprint density at radius 1 is 0.864 bits per heavy atom. The van der Waals surface area contributed by atoms with Gasteiger partial charge in [-0.15, -0.1) is 5.10 Å². The summed E-state index contributed by atoms with van der Waals surface area (Å²) < 4.78 is 11.9. The topological polar surface area (TPSA) is 75.2 Å². The fourth-order valence-corrected chi connectivity index (χ4v) is 2.16. The number of ether oxygens (including phenoxy) is 2. The molecule has 0 atom stereocenters. The summed E-state index contributed by atoms with van der Waals surface area (Å²) in [4.78, 5) is 0. The number of aromatic nitrogens is 3. The van der Waals surface area contributed by atoms with Gasteiger partial charge < -0.3 is 15.2 Å². The van der Waals surface area contributed by atoms with Crippen LogP contribution < -0.4 is 15.2 Å². The van der Waals surface area contributed by atoms with Crippen LogP contribution in [0.15, 0.2) is 48.5 Å². The summed E-state index contributed by atoms with van der Waals surface area (Å²) in [6.07, 6.45) is 0. The Hall–Kier alpha value is -3.02. The molecule has 2 N–H and O–H groups in total. The van der Waals surface area contributed by atoms with Crippen LogP contribution in [0.5, 0.6) is 11.5 Å². The first kappa shape index (κ1) is 13.9. The smallest absolute Gasteiger partial charge is 0.155 e. The molecule has 0 aliphatic heterocycles. The van der Waals surface area contributed by atoms with Crippen LogP contribution >= 0.6 is 0 Å². The van der Waals surface area contributed by atoms with Gasteiger partial charge in [-0.05, 0) is 48.5 Å². The fourth-order valence-electron chi connectivity index (χ4n) is 2.16. The van der Waals surface area contributed by atoms with Crippen LogP contribution in [0.3, 0.4) is 0 Å². The summed E-state index contributed by atoms with van der Waals surface area (Å²) in [5.74, 6) is 2.04. The van der Waals surface area contributed by atoms with E-state index in [0.717, 1.165) is 22.7 Å². The maximum atomic E-state index is 6.18. The molecular formula is C16H16N4O2. The highest BCUT2D eigenvalue weighted by molar-refractivity contribution is 5.71. The number of hydrogen-bond donors (Lipinski definition) is 1. The average molecular weight is 296 g/mol. The first-order valence-electron chi connectivity index (χ1n) is 6.73. The van der Waals surface area contributed by atoms with E-state index in [-0.39, 0.29) is 0 Å². The molecule has 22 heavy (non-hydrogen) atoms. The molecule has 6 heteroatoms. The monoisotopic (exact) mass is 296 g/mol. The van der Waals surface area contributed by atoms with E-state index in [1.54, 1.807) is 18.9 Å². The highest BCUT2D eigenvalue weighted by Crippen LogP contribution is 2.27. The predicted octanol–water partition coefficient (Wildman–Crippen LogP) is 2.53. The third-order valence-corrected chi connectivity index (χ3v) is 3.39. The van der Waals surface area contributed by atoms with Crippen LogP contribution in [0, 0.1) is 0 Å². The molecule has 0 radical (unpaired) electrons. The Labute approximate surface area is 128 Å². The lowest BCUT2D eigenvalue weighted by Crippen LogP contribution is -2.02. The van der Waals surface area contributed by atoms with Crippen molar-refractivity contribution in [1.82, 2.24) is 15.0 Å². The zero-order valence-electron chi connectivity index (χ0n) is 12.4. The Bertz CT molecular complexity index is 699. The number of methoxy groups -OCH3 is 2. The van der Waals surface area contributed by atoms with Crippen molar-refractivity contribution in [3.63, 3.8) is 0 Å². The quantitative estimate of drug-likeness (QED) is 0.800. The van der Waals surface area contributed by atoms with Gasteiger partial charge in [0.05, 0.1) is 19.9 Å². The zero-order valence-corrected chi connectivity index (χ0v) is 12.4. The third-order valence-electron chi connectivity index (χ3n) is 3.39. The molecule has 3 rings (SSSR count). The Morgan fingerprint density at radius 3 is 1.95 bits per heavy atom. The van der Waals surface area contributed by atoms with E-state index in [1.165, 1.54) is 0 Å². The maximum Gasteiger partial charge on any atom is 0.155 e. The summed E-state index contributed by atoms with van der Waals surface area (Å²) in [6.45, 7) is 0. The van der Waals surface area contributed by atoms with Crippen LogP contribution in [-0.2, 0) is 0 Å². The number of rotatable bonds is 4. The molecule has 0 saturated carbocycles. The highest BCUT2D eigenvalue weighted by atomic mass is 16.5. The molecule has 2 aromatic carbocycles. The molecule has 0 amide bonds. The number of hydrogen-bond acceptors (Lipinski definition) is 5. The van der Waals surface area contributed by atoms with E-state index in [4.69, 9.17) is 15.2 Å². The van der Waals surface area contributed by atoms with Crippen LogP contribution in [0.1, 0.15) is 0 Å². The van der Waals surface area contributed by atoms with Crippen molar-refractivity contribution in [2.75, 3.05) is 20.0 Å². The van der Waals surface area contributed by atoms with E-state index in [9.17, 15) is 0 Å². The van der Waals surface area contributed by atoms with Gasteiger partial charge in [0.15, 0.2) is 5.82 Å². The minimum absolute atomic E-state index is 0.482. The summed E-state index contributed by atoms with van der Waals surface area (Å²) in [6, 6.07) is 15.0. The van der Waals surface area contributed by atoms with Crippen molar-refractivity contribution in [1.29, 1.82) is 0 Å². The molecule has 0 aliphatic carbocycles. The largest absolute Gasteiger partial charge is 0.497 e. The van der Waals surface area contributed by atoms with E-state index < -0.39 is 0 Å². The van der Waals surface area contributed by atoms with Gasteiger partial charge >= 0.3 is 0 Å². The zero-order chi connectivity index (χ0) is 15.5. The lowest BCUT2D eigenvalue weighted by molar-refractivity contribution is 0.414. The van der Waals surface area contributed by atoms with Crippen LogP contribution in [0.4, 0.5) is 5.82 Å². The number of nitrogens with two attached hydrogens (primary N) is 1. The molecule has 0 bridgehead atoms. The lowest BCUT2D eigenvalue weighted by atomic mass is 10.1. The van der Waals surface area contributed by atoms with Gasteiger partial charge in [-0.25, -0.2) is 0 Å². The molecule has 1 aromatic heterocycles. The summed E-state index contributed by atoms with van der Waals surface area (Å²) in [5.41, 5.74) is 8.53. The van der Waals surface area contributed by atoms with Crippen molar-refractivity contribution in [2.24, 2.45) is 0 Å².